The summed E-state index contributed by atoms with van der Waals surface area (Å²) in [6.07, 6.45) is 0. The summed E-state index contributed by atoms with van der Waals surface area (Å²) in [4.78, 5) is 1.32. The number of nitrogens with zero attached hydrogens (tertiary/aromatic N) is 2. The maximum atomic E-state index is 14.5. The number of para-hydroxylation sites is 1. The molecule has 0 saturated heterocycles. The van der Waals surface area contributed by atoms with Gasteiger partial charge in [-0.15, -0.1) is 0 Å². The Kier molecular flexibility index (Phi) is 5.14. The lowest BCUT2D eigenvalue weighted by Gasteiger charge is -2.26. The fraction of sp³-hybridized carbons (Fsp3) is 0.100. The van der Waals surface area contributed by atoms with E-state index >= 15 is 0 Å². The van der Waals surface area contributed by atoms with Crippen molar-refractivity contribution in [2.24, 2.45) is 0 Å². The molecule has 0 aliphatic carbocycles. The van der Waals surface area contributed by atoms with Gasteiger partial charge in [-0.3, -0.25) is 0 Å². The third-order valence-electron chi connectivity index (χ3n) is 3.96. The molecule has 3 rings (SSSR count). The van der Waals surface area contributed by atoms with Crippen molar-refractivity contribution in [3.8, 4) is 0 Å². The molecular formula is C20H18F2N2O2S. The molecule has 3 aromatic carbocycles. The Morgan fingerprint density at radius 1 is 0.741 bits per heavy atom. The first-order valence-electron chi connectivity index (χ1n) is 8.14. The number of halogens is 2. The van der Waals surface area contributed by atoms with Gasteiger partial charge < -0.3 is 4.90 Å². The lowest BCUT2D eigenvalue weighted by molar-refractivity contribution is 0.581. The molecule has 7 heteroatoms. The Hall–Kier alpha value is -2.93. The zero-order valence-corrected chi connectivity index (χ0v) is 15.6. The topological polar surface area (TPSA) is 40.6 Å². The molecule has 0 amide bonds. The third kappa shape index (κ3) is 3.64. The van der Waals surface area contributed by atoms with Crippen molar-refractivity contribution in [2.45, 2.75) is 4.90 Å². The predicted octanol–water partition coefficient (Wildman–Crippen LogP) is 4.56. The van der Waals surface area contributed by atoms with Crippen molar-refractivity contribution in [2.75, 3.05) is 23.3 Å². The highest BCUT2D eigenvalue weighted by Gasteiger charge is 2.28. The largest absolute Gasteiger partial charge is 0.373 e. The van der Waals surface area contributed by atoms with Crippen LogP contribution < -0.4 is 9.21 Å². The summed E-state index contributed by atoms with van der Waals surface area (Å²) in [5, 5.41) is 0. The highest BCUT2D eigenvalue weighted by atomic mass is 32.2. The number of anilines is 3. The van der Waals surface area contributed by atoms with Crippen LogP contribution in [0.3, 0.4) is 0 Å². The number of benzene rings is 3. The lowest BCUT2D eigenvalue weighted by atomic mass is 10.2. The maximum Gasteiger partial charge on any atom is 0.268 e. The molecule has 0 atom stereocenters. The van der Waals surface area contributed by atoms with Crippen LogP contribution in [0, 0.1) is 11.6 Å². The third-order valence-corrected chi connectivity index (χ3v) is 5.73. The van der Waals surface area contributed by atoms with Crippen molar-refractivity contribution in [1.82, 2.24) is 0 Å². The van der Waals surface area contributed by atoms with E-state index in [0.717, 1.165) is 16.4 Å². The van der Waals surface area contributed by atoms with Gasteiger partial charge in [0, 0.05) is 26.2 Å². The molecule has 140 valence electrons. The summed E-state index contributed by atoms with van der Waals surface area (Å²) in [5.41, 5.74) is -0.0766. The molecule has 0 saturated carbocycles. The average Bonchev–Trinajstić information content (AvgIpc) is 2.62. The maximum absolute atomic E-state index is 14.5. The van der Waals surface area contributed by atoms with Crippen LogP contribution in [0.5, 0.6) is 0 Å². The fourth-order valence-corrected chi connectivity index (χ4v) is 4.28. The molecule has 3 aromatic rings. The smallest absolute Gasteiger partial charge is 0.268 e. The first-order valence-corrected chi connectivity index (χ1v) is 9.58. The molecule has 0 spiro atoms. The van der Waals surface area contributed by atoms with E-state index in [1.165, 1.54) is 31.1 Å². The highest BCUT2D eigenvalue weighted by molar-refractivity contribution is 7.93. The first-order chi connectivity index (χ1) is 12.8. The van der Waals surface area contributed by atoms with Crippen LogP contribution in [0.25, 0.3) is 0 Å². The second-order valence-electron chi connectivity index (χ2n) is 6.07. The van der Waals surface area contributed by atoms with Gasteiger partial charge in [0.1, 0.15) is 5.69 Å². The van der Waals surface area contributed by atoms with Crippen molar-refractivity contribution < 1.29 is 17.2 Å². The minimum Gasteiger partial charge on any atom is -0.373 e. The summed E-state index contributed by atoms with van der Waals surface area (Å²) in [6, 6.07) is 18.0. The monoisotopic (exact) mass is 388 g/mol. The molecule has 0 aromatic heterocycles. The van der Waals surface area contributed by atoms with E-state index in [-0.39, 0.29) is 22.0 Å². The fourth-order valence-electron chi connectivity index (χ4n) is 2.78. The van der Waals surface area contributed by atoms with Crippen molar-refractivity contribution in [3.63, 3.8) is 0 Å². The molecule has 27 heavy (non-hydrogen) atoms. The van der Waals surface area contributed by atoms with E-state index in [1.54, 1.807) is 48.5 Å². The van der Waals surface area contributed by atoms with E-state index in [1.807, 2.05) is 0 Å². The minimum absolute atomic E-state index is 0.0198. The van der Waals surface area contributed by atoms with Crippen molar-refractivity contribution in [1.29, 1.82) is 0 Å². The van der Waals surface area contributed by atoms with Crippen LogP contribution in [0.1, 0.15) is 0 Å². The minimum atomic E-state index is -4.09. The summed E-state index contributed by atoms with van der Waals surface area (Å²) < 4.78 is 56.5. The Bertz CT molecular complexity index is 1020. The van der Waals surface area contributed by atoms with Crippen LogP contribution in [0.4, 0.5) is 25.8 Å². The zero-order chi connectivity index (χ0) is 19.6. The van der Waals surface area contributed by atoms with Gasteiger partial charge >= 0.3 is 0 Å². The van der Waals surface area contributed by atoms with Crippen molar-refractivity contribution >= 4 is 27.1 Å². The molecule has 0 heterocycles. The van der Waals surface area contributed by atoms with Gasteiger partial charge in [0.15, 0.2) is 11.6 Å². The number of hydrogen-bond acceptors (Lipinski definition) is 3. The normalized spacial score (nSPS) is 11.3. The molecule has 0 bridgehead atoms. The van der Waals surface area contributed by atoms with E-state index in [0.29, 0.717) is 0 Å². The Morgan fingerprint density at radius 3 is 1.70 bits per heavy atom. The van der Waals surface area contributed by atoms with Gasteiger partial charge in [-0.1, -0.05) is 36.4 Å². The van der Waals surface area contributed by atoms with Gasteiger partial charge in [-0.05, 0) is 24.3 Å². The average molecular weight is 388 g/mol. The summed E-state index contributed by atoms with van der Waals surface area (Å²) in [5.74, 6) is -1.70. The molecule has 0 aliphatic heterocycles. The lowest BCUT2D eigenvalue weighted by Crippen LogP contribution is -2.27. The van der Waals surface area contributed by atoms with Gasteiger partial charge in [0.2, 0.25) is 0 Å². The zero-order valence-electron chi connectivity index (χ0n) is 14.8. The quantitative estimate of drug-likeness (QED) is 0.643. The SMILES string of the molecule is CN(C)c1c(F)cc(N(c2ccccc2)S(=O)(=O)c2ccccc2)cc1F. The molecule has 0 aliphatic rings. The van der Waals surface area contributed by atoms with Gasteiger partial charge in [-0.2, -0.15) is 0 Å². The van der Waals surface area contributed by atoms with Gasteiger partial charge in [-0.25, -0.2) is 21.5 Å². The Balaban J connectivity index is 2.24. The molecule has 0 N–H and O–H groups in total. The Morgan fingerprint density at radius 2 is 1.22 bits per heavy atom. The van der Waals surface area contributed by atoms with Crippen molar-refractivity contribution in [3.05, 3.63) is 84.4 Å². The second-order valence-corrected chi connectivity index (χ2v) is 7.86. The van der Waals surface area contributed by atoms with Crippen LogP contribution in [0.2, 0.25) is 0 Å². The number of rotatable bonds is 5. The molecule has 0 unspecified atom stereocenters. The summed E-state index contributed by atoms with van der Waals surface area (Å²) in [6.45, 7) is 0. The second kappa shape index (κ2) is 7.36. The van der Waals surface area contributed by atoms with Gasteiger partial charge in [0.25, 0.3) is 10.0 Å². The number of sulfonamides is 1. The molecule has 0 fully saturated rings. The highest BCUT2D eigenvalue weighted by Crippen LogP contribution is 2.35. The molecule has 4 nitrogen and oxygen atoms in total. The Labute approximate surface area is 157 Å². The summed E-state index contributed by atoms with van der Waals surface area (Å²) in [7, 11) is -1.07. The van der Waals surface area contributed by atoms with E-state index in [2.05, 4.69) is 0 Å². The number of hydrogen-bond donors (Lipinski definition) is 0. The first kappa shape index (κ1) is 18.8. The van der Waals surface area contributed by atoms with Crippen LogP contribution >= 0.6 is 0 Å². The van der Waals surface area contributed by atoms with Crippen LogP contribution in [-0.4, -0.2) is 22.5 Å². The van der Waals surface area contributed by atoms with E-state index in [9.17, 15) is 17.2 Å². The predicted molar refractivity (Wildman–Crippen MR) is 103 cm³/mol. The van der Waals surface area contributed by atoms with Crippen LogP contribution in [-0.2, 0) is 10.0 Å². The summed E-state index contributed by atoms with van der Waals surface area (Å²) >= 11 is 0. The van der Waals surface area contributed by atoms with Crippen LogP contribution in [0.15, 0.2) is 77.7 Å². The van der Waals surface area contributed by atoms with E-state index < -0.39 is 21.7 Å². The molecule has 0 radical (unpaired) electrons. The molecular weight excluding hydrogens is 370 g/mol. The van der Waals surface area contributed by atoms with Gasteiger partial charge in [0.05, 0.1) is 16.3 Å². The standard InChI is InChI=1S/C20H18F2N2O2S/c1-23(2)20-18(21)13-16(14-19(20)22)24(15-9-5-3-6-10-15)27(25,26)17-11-7-4-8-12-17/h3-14H,1-2H3. The van der Waals surface area contributed by atoms with E-state index in [4.69, 9.17) is 0 Å².